The van der Waals surface area contributed by atoms with E-state index in [-0.39, 0.29) is 30.9 Å². The van der Waals surface area contributed by atoms with Crippen LogP contribution in [0.15, 0.2) is 89.7 Å². The van der Waals surface area contributed by atoms with Crippen molar-refractivity contribution < 1.29 is 24.5 Å². The summed E-state index contributed by atoms with van der Waals surface area (Å²) >= 11 is 0. The van der Waals surface area contributed by atoms with Gasteiger partial charge in [0, 0.05) is 44.1 Å². The molecular formula is C40H45IrN3OSi-2. The number of hydrogen-bond donors (Lipinski definition) is 0. The molecular weight excluding hydrogens is 759 g/mol. The number of nitrogens with zero attached hydrogens (tertiary/aromatic N) is 3. The Bertz CT molecular complexity index is 1910. The van der Waals surface area contributed by atoms with Crippen molar-refractivity contribution in [3.8, 4) is 22.5 Å². The normalized spacial score (nSPS) is 12.0. The predicted octanol–water partition coefficient (Wildman–Crippen LogP) is 10.1. The minimum atomic E-state index is -1.37. The molecule has 1 radical (unpaired) electrons. The van der Waals surface area contributed by atoms with E-state index in [0.717, 1.165) is 51.7 Å². The van der Waals surface area contributed by atoms with Crippen LogP contribution in [-0.2, 0) is 32.9 Å². The van der Waals surface area contributed by atoms with Crippen LogP contribution in [-0.4, -0.2) is 23.0 Å². The van der Waals surface area contributed by atoms with Crippen LogP contribution in [0.1, 0.15) is 52.7 Å². The predicted molar refractivity (Wildman–Crippen MR) is 191 cm³/mol. The van der Waals surface area contributed by atoms with Gasteiger partial charge in [0.05, 0.1) is 13.7 Å². The van der Waals surface area contributed by atoms with Crippen LogP contribution in [0.3, 0.4) is 0 Å². The summed E-state index contributed by atoms with van der Waals surface area (Å²) in [5.74, 6) is 0. The minimum Gasteiger partial charge on any atom is -0.486 e. The fourth-order valence-electron chi connectivity index (χ4n) is 5.69. The van der Waals surface area contributed by atoms with Crippen LogP contribution in [0.2, 0.25) is 19.6 Å². The van der Waals surface area contributed by atoms with Gasteiger partial charge in [0.2, 0.25) is 5.71 Å². The summed E-state index contributed by atoms with van der Waals surface area (Å²) in [5, 5.41) is 3.56. The van der Waals surface area contributed by atoms with Crippen LogP contribution in [0.4, 0.5) is 0 Å². The van der Waals surface area contributed by atoms with Gasteiger partial charge in [0.1, 0.15) is 0 Å². The average Bonchev–Trinajstić information content (AvgIpc) is 3.35. The molecule has 0 unspecified atom stereocenters. The Balaban J connectivity index is 0.000000207. The third kappa shape index (κ3) is 8.88. The molecule has 4 heterocycles. The number of aromatic nitrogens is 3. The topological polar surface area (TPSA) is 51.8 Å². The third-order valence-electron chi connectivity index (χ3n) is 7.53. The maximum Gasteiger partial charge on any atom is 0.216 e. The number of hydrogen-bond acceptors (Lipinski definition) is 4. The van der Waals surface area contributed by atoms with Gasteiger partial charge >= 0.3 is 0 Å². The van der Waals surface area contributed by atoms with Crippen molar-refractivity contribution in [2.45, 2.75) is 74.0 Å². The molecule has 4 aromatic heterocycles. The van der Waals surface area contributed by atoms with E-state index in [1.165, 1.54) is 16.3 Å². The van der Waals surface area contributed by atoms with Gasteiger partial charge in [-0.3, -0.25) is 0 Å². The molecule has 0 aliphatic rings. The Morgan fingerprint density at radius 3 is 2.15 bits per heavy atom. The van der Waals surface area contributed by atoms with Crippen LogP contribution < -0.4 is 5.19 Å². The summed E-state index contributed by atoms with van der Waals surface area (Å²) in [4.78, 5) is 13.6. The standard InChI is InChI=1S/C21H19N2O.C19H26NSi.Ir/c1-21(2,3)13-14-9-11-22-18(12-14)17-7-4-6-15-16-8-5-10-23-20(16)24-19(15)17;1-19(2,3)13-16-12-17(15-10-8-7-9-11-15)20-14-18(16)21(4,5)6;/h4-6,8-12H,13H2,1-3H3;7-10,12,14H,13H2,1-6H3;/q2*-1;. The van der Waals surface area contributed by atoms with Gasteiger partial charge in [0.15, 0.2) is 0 Å². The van der Waals surface area contributed by atoms with Gasteiger partial charge in [-0.05, 0) is 58.4 Å². The second-order valence-corrected chi connectivity index (χ2v) is 20.4. The minimum absolute atomic E-state index is 0. The molecule has 0 fully saturated rings. The van der Waals surface area contributed by atoms with E-state index in [0.29, 0.717) is 5.71 Å². The van der Waals surface area contributed by atoms with Gasteiger partial charge < -0.3 is 14.4 Å². The number of rotatable bonds is 5. The SMILES string of the molecule is CC(C)(C)Cc1cc(-c2[c-]cccc2)ncc1[Si](C)(C)C.CC(C)(C)Cc1ccnc(-c2[c-]ccc3c2oc2ncccc23)c1.[Ir]. The zero-order valence-corrected chi connectivity index (χ0v) is 32.0. The number of benzene rings is 2. The summed E-state index contributed by atoms with van der Waals surface area (Å²) in [7, 11) is -1.37. The second-order valence-electron chi connectivity index (χ2n) is 15.3. The molecule has 0 bridgehead atoms. The maximum atomic E-state index is 6.00. The molecule has 0 saturated carbocycles. The molecule has 6 aromatic rings. The van der Waals surface area contributed by atoms with Crippen molar-refractivity contribution in [3.63, 3.8) is 0 Å². The van der Waals surface area contributed by atoms with E-state index in [2.05, 4.69) is 114 Å². The monoisotopic (exact) mass is 804 g/mol. The summed E-state index contributed by atoms with van der Waals surface area (Å²) in [5.41, 5.74) is 8.60. The van der Waals surface area contributed by atoms with Crippen LogP contribution in [0, 0.1) is 23.0 Å². The molecule has 0 N–H and O–H groups in total. The zero-order chi connectivity index (χ0) is 32.4. The third-order valence-corrected chi connectivity index (χ3v) is 9.59. The smallest absolute Gasteiger partial charge is 0.216 e. The van der Waals surface area contributed by atoms with Crippen LogP contribution >= 0.6 is 0 Å². The van der Waals surface area contributed by atoms with E-state index in [1.807, 2.05) is 48.7 Å². The molecule has 46 heavy (non-hydrogen) atoms. The summed E-state index contributed by atoms with van der Waals surface area (Å²) in [6.07, 6.45) is 7.82. The van der Waals surface area contributed by atoms with Gasteiger partial charge in [-0.2, -0.15) is 0 Å². The Morgan fingerprint density at radius 1 is 0.717 bits per heavy atom. The van der Waals surface area contributed by atoms with Crippen LogP contribution in [0.5, 0.6) is 0 Å². The van der Waals surface area contributed by atoms with Crippen molar-refractivity contribution in [3.05, 3.63) is 109 Å². The number of furan rings is 1. The first-order valence-corrected chi connectivity index (χ1v) is 19.3. The molecule has 0 aliphatic heterocycles. The Labute approximate surface area is 289 Å². The van der Waals surface area contributed by atoms with E-state index in [4.69, 9.17) is 9.40 Å². The van der Waals surface area contributed by atoms with Gasteiger partial charge in [-0.25, -0.2) is 4.98 Å². The molecule has 0 spiro atoms. The molecule has 0 atom stereocenters. The Morgan fingerprint density at radius 2 is 1.48 bits per heavy atom. The van der Waals surface area contributed by atoms with Crippen molar-refractivity contribution in [1.82, 2.24) is 15.0 Å². The number of fused-ring (bicyclic) bond motifs is 3. The zero-order valence-electron chi connectivity index (χ0n) is 28.6. The Hall–Kier alpha value is -3.44. The van der Waals surface area contributed by atoms with Crippen molar-refractivity contribution >= 4 is 35.3 Å². The second kappa shape index (κ2) is 14.1. The van der Waals surface area contributed by atoms with Gasteiger partial charge in [0.25, 0.3) is 0 Å². The average molecular weight is 804 g/mol. The fraction of sp³-hybridized carbons (Fsp3) is 0.325. The summed E-state index contributed by atoms with van der Waals surface area (Å²) in [6, 6.07) is 29.0. The molecule has 6 heteroatoms. The molecule has 0 aliphatic carbocycles. The largest absolute Gasteiger partial charge is 0.486 e. The first kappa shape index (κ1) is 35.4. The molecule has 6 rings (SSSR count). The molecule has 4 nitrogen and oxygen atoms in total. The first-order valence-electron chi connectivity index (χ1n) is 15.8. The molecule has 0 amide bonds. The fourth-order valence-corrected chi connectivity index (χ4v) is 7.27. The summed E-state index contributed by atoms with van der Waals surface area (Å²) < 4.78 is 6.00. The Kier molecular flexibility index (Phi) is 10.9. The quantitative estimate of drug-likeness (QED) is 0.129. The van der Waals surface area contributed by atoms with Gasteiger partial charge in [-0.15, -0.1) is 54.1 Å². The van der Waals surface area contributed by atoms with Crippen LogP contribution in [0.25, 0.3) is 44.6 Å². The maximum absolute atomic E-state index is 6.00. The van der Waals surface area contributed by atoms with Crippen molar-refractivity contribution in [1.29, 1.82) is 0 Å². The van der Waals surface area contributed by atoms with Gasteiger partial charge in [-0.1, -0.05) is 95.4 Å². The summed E-state index contributed by atoms with van der Waals surface area (Å²) in [6.45, 7) is 20.8. The molecule has 2 aromatic carbocycles. The van der Waals surface area contributed by atoms with E-state index in [1.54, 1.807) is 6.20 Å². The first-order chi connectivity index (χ1) is 21.2. The molecule has 0 saturated heterocycles. The van der Waals surface area contributed by atoms with E-state index >= 15 is 0 Å². The van der Waals surface area contributed by atoms with Crippen molar-refractivity contribution in [2.24, 2.45) is 10.8 Å². The number of pyridine rings is 3. The van der Waals surface area contributed by atoms with E-state index in [9.17, 15) is 0 Å². The van der Waals surface area contributed by atoms with Crippen molar-refractivity contribution in [2.75, 3.05) is 0 Å². The molecule has 241 valence electrons. The van der Waals surface area contributed by atoms with E-state index < -0.39 is 8.07 Å².